The van der Waals surface area contributed by atoms with Crippen molar-refractivity contribution in [3.63, 3.8) is 0 Å². The normalized spacial score (nSPS) is 14.4. The van der Waals surface area contributed by atoms with Crippen LogP contribution in [-0.4, -0.2) is 46.5 Å². The number of urea groups is 1. The van der Waals surface area contributed by atoms with Gasteiger partial charge in [0, 0.05) is 49.8 Å². The minimum absolute atomic E-state index is 0.0277. The first-order valence-corrected chi connectivity index (χ1v) is 11.7. The van der Waals surface area contributed by atoms with Crippen LogP contribution in [0.15, 0.2) is 48.5 Å². The van der Waals surface area contributed by atoms with Crippen LogP contribution in [0.4, 0.5) is 15.6 Å². The van der Waals surface area contributed by atoms with Crippen LogP contribution in [0, 0.1) is 6.92 Å². The quantitative estimate of drug-likeness (QED) is 0.629. The molecule has 0 atom stereocenters. The number of nitrogens with zero attached hydrogens (tertiary/aromatic N) is 4. The summed E-state index contributed by atoms with van der Waals surface area (Å²) in [6.07, 6.45) is 2.55. The van der Waals surface area contributed by atoms with Crippen molar-refractivity contribution in [3.05, 3.63) is 71.0 Å². The topological polar surface area (TPSA) is 61.4 Å². The average molecular weight is 436 g/mol. The summed E-state index contributed by atoms with van der Waals surface area (Å²) in [7, 11) is 0. The van der Waals surface area contributed by atoms with Crippen LogP contribution in [-0.2, 0) is 12.8 Å². The van der Waals surface area contributed by atoms with Crippen molar-refractivity contribution in [2.24, 2.45) is 0 Å². The maximum atomic E-state index is 12.8. The molecule has 2 amide bonds. The fraction of sp³-hybridized carbons (Fsp3) is 0.375. The smallest absolute Gasteiger partial charge is 0.321 e. The number of carbonyl (C=O) groups excluding carboxylic acids is 1. The van der Waals surface area contributed by atoms with Gasteiger partial charge in [0.15, 0.2) is 0 Å². The highest BCUT2D eigenvalue weighted by atomic mass is 32.1. The molecule has 0 aliphatic carbocycles. The molecule has 0 bridgehead atoms. The van der Waals surface area contributed by atoms with E-state index in [4.69, 9.17) is 4.98 Å². The third kappa shape index (κ3) is 5.41. The average Bonchev–Trinajstić information content (AvgIpc) is 3.10. The lowest BCUT2D eigenvalue weighted by molar-refractivity contribution is 0.215. The minimum atomic E-state index is -0.0277. The van der Waals surface area contributed by atoms with E-state index in [1.807, 2.05) is 23.1 Å². The Morgan fingerprint density at radius 2 is 1.87 bits per heavy atom. The molecular weight excluding hydrogens is 406 g/mol. The predicted octanol–water partition coefficient (Wildman–Crippen LogP) is 4.74. The summed E-state index contributed by atoms with van der Waals surface area (Å²) in [6, 6.07) is 16.5. The van der Waals surface area contributed by atoms with Gasteiger partial charge in [-0.05, 0) is 37.0 Å². The van der Waals surface area contributed by atoms with E-state index in [0.29, 0.717) is 6.54 Å². The molecule has 7 heteroatoms. The fourth-order valence-corrected chi connectivity index (χ4v) is 4.53. The van der Waals surface area contributed by atoms with E-state index in [1.54, 1.807) is 0 Å². The molecule has 6 nitrogen and oxygen atoms in total. The third-order valence-corrected chi connectivity index (χ3v) is 6.45. The lowest BCUT2D eigenvalue weighted by atomic mass is 10.1. The minimum Gasteiger partial charge on any atom is -0.345 e. The molecule has 0 saturated carbocycles. The number of para-hydroxylation sites is 1. The predicted molar refractivity (Wildman–Crippen MR) is 127 cm³/mol. The van der Waals surface area contributed by atoms with Gasteiger partial charge in [-0.2, -0.15) is 4.37 Å². The lowest BCUT2D eigenvalue weighted by Crippen LogP contribution is -2.38. The summed E-state index contributed by atoms with van der Waals surface area (Å²) in [5.41, 5.74) is 4.54. The van der Waals surface area contributed by atoms with Gasteiger partial charge in [0.1, 0.15) is 5.82 Å². The summed E-state index contributed by atoms with van der Waals surface area (Å²) in [5, 5.41) is 4.04. The van der Waals surface area contributed by atoms with E-state index >= 15 is 0 Å². The number of aryl methyl sites for hydroxylation is 2. The number of amides is 2. The number of aromatic nitrogens is 2. The molecule has 1 aromatic heterocycles. The molecule has 1 saturated heterocycles. The Balaban J connectivity index is 1.35. The van der Waals surface area contributed by atoms with Gasteiger partial charge < -0.3 is 15.1 Å². The largest absolute Gasteiger partial charge is 0.345 e. The van der Waals surface area contributed by atoms with Crippen molar-refractivity contribution in [3.8, 4) is 0 Å². The Kier molecular flexibility index (Phi) is 6.82. The molecule has 2 heterocycles. The number of anilines is 2. The van der Waals surface area contributed by atoms with Crippen molar-refractivity contribution >= 4 is 28.4 Å². The van der Waals surface area contributed by atoms with E-state index < -0.39 is 0 Å². The fourth-order valence-electron chi connectivity index (χ4n) is 3.79. The van der Waals surface area contributed by atoms with Crippen LogP contribution in [0.25, 0.3) is 0 Å². The number of benzene rings is 2. The Morgan fingerprint density at radius 1 is 1.06 bits per heavy atom. The van der Waals surface area contributed by atoms with Gasteiger partial charge in [-0.1, -0.05) is 55.0 Å². The molecule has 1 N–H and O–H groups in total. The van der Waals surface area contributed by atoms with E-state index in [1.165, 1.54) is 22.7 Å². The van der Waals surface area contributed by atoms with Gasteiger partial charge in [-0.3, -0.25) is 0 Å². The Hall–Kier alpha value is -2.93. The molecule has 1 aliphatic heterocycles. The highest BCUT2D eigenvalue weighted by molar-refractivity contribution is 7.09. The maximum Gasteiger partial charge on any atom is 0.321 e. The molecule has 3 aromatic rings. The van der Waals surface area contributed by atoms with E-state index in [-0.39, 0.29) is 6.03 Å². The van der Waals surface area contributed by atoms with E-state index in [2.05, 4.69) is 58.8 Å². The number of hydrogen-bond acceptors (Lipinski definition) is 5. The number of carbonyl (C=O) groups is 1. The van der Waals surface area contributed by atoms with Crippen molar-refractivity contribution < 1.29 is 4.79 Å². The molecule has 0 spiro atoms. The van der Waals surface area contributed by atoms with E-state index in [0.717, 1.165) is 61.1 Å². The third-order valence-electron chi connectivity index (χ3n) is 5.63. The molecular formula is C24H29N5OS. The first-order chi connectivity index (χ1) is 15.1. The first-order valence-electron chi connectivity index (χ1n) is 10.9. The highest BCUT2D eigenvalue weighted by Gasteiger charge is 2.22. The number of nitrogens with one attached hydrogen (secondary N) is 1. The standard InChI is InChI=1S/C24H29N5OS/c1-3-20-7-4-5-8-21(20)25-23(30)28-13-6-14-29(16-15-28)24-26-22(27-31-24)17-19-11-9-18(2)10-12-19/h4-5,7-12H,3,6,13-17H2,1-2H3,(H,25,30). The van der Waals surface area contributed by atoms with Crippen LogP contribution in [0.2, 0.25) is 0 Å². The SMILES string of the molecule is CCc1ccccc1NC(=O)N1CCCN(c2nc(Cc3ccc(C)cc3)ns2)CC1. The van der Waals surface area contributed by atoms with Gasteiger partial charge in [-0.25, -0.2) is 9.78 Å². The summed E-state index contributed by atoms with van der Waals surface area (Å²) in [6.45, 7) is 7.26. The number of rotatable bonds is 5. The molecule has 1 fully saturated rings. The maximum absolute atomic E-state index is 12.8. The Labute approximate surface area is 188 Å². The van der Waals surface area contributed by atoms with Crippen LogP contribution in [0.5, 0.6) is 0 Å². The van der Waals surface area contributed by atoms with Crippen molar-refractivity contribution in [2.75, 3.05) is 36.4 Å². The van der Waals surface area contributed by atoms with Crippen molar-refractivity contribution in [1.82, 2.24) is 14.3 Å². The zero-order valence-corrected chi connectivity index (χ0v) is 19.0. The Morgan fingerprint density at radius 3 is 2.68 bits per heavy atom. The van der Waals surface area contributed by atoms with Gasteiger partial charge in [0.25, 0.3) is 0 Å². The van der Waals surface area contributed by atoms with E-state index in [9.17, 15) is 4.79 Å². The molecule has 2 aromatic carbocycles. The summed E-state index contributed by atoms with van der Waals surface area (Å²) >= 11 is 1.45. The second-order valence-corrected chi connectivity index (χ2v) is 8.65. The first kappa shape index (κ1) is 21.3. The summed E-state index contributed by atoms with van der Waals surface area (Å²) in [5.74, 6) is 0.860. The second-order valence-electron chi connectivity index (χ2n) is 7.92. The van der Waals surface area contributed by atoms with Crippen LogP contribution < -0.4 is 10.2 Å². The molecule has 162 valence electrons. The van der Waals surface area contributed by atoms with Gasteiger partial charge in [0.05, 0.1) is 0 Å². The second kappa shape index (κ2) is 9.92. The van der Waals surface area contributed by atoms with Gasteiger partial charge in [0.2, 0.25) is 5.13 Å². The molecule has 31 heavy (non-hydrogen) atoms. The molecule has 0 unspecified atom stereocenters. The summed E-state index contributed by atoms with van der Waals surface area (Å²) in [4.78, 5) is 21.8. The molecule has 4 rings (SSSR count). The van der Waals surface area contributed by atoms with Crippen LogP contribution in [0.3, 0.4) is 0 Å². The van der Waals surface area contributed by atoms with Crippen molar-refractivity contribution in [2.45, 2.75) is 33.1 Å². The van der Waals surface area contributed by atoms with Crippen LogP contribution in [0.1, 0.15) is 35.9 Å². The zero-order valence-electron chi connectivity index (χ0n) is 18.2. The van der Waals surface area contributed by atoms with Gasteiger partial charge >= 0.3 is 6.03 Å². The van der Waals surface area contributed by atoms with Crippen LogP contribution >= 0.6 is 11.5 Å². The number of hydrogen-bond donors (Lipinski definition) is 1. The van der Waals surface area contributed by atoms with Crippen molar-refractivity contribution in [1.29, 1.82) is 0 Å². The summed E-state index contributed by atoms with van der Waals surface area (Å²) < 4.78 is 4.56. The molecule has 1 aliphatic rings. The zero-order chi connectivity index (χ0) is 21.6. The lowest BCUT2D eigenvalue weighted by Gasteiger charge is -2.22. The van der Waals surface area contributed by atoms with Gasteiger partial charge in [-0.15, -0.1) is 0 Å². The molecule has 0 radical (unpaired) electrons. The highest BCUT2D eigenvalue weighted by Crippen LogP contribution is 2.21. The Bertz CT molecular complexity index is 1020. The monoisotopic (exact) mass is 435 g/mol.